The van der Waals surface area contributed by atoms with Crippen LogP contribution in [-0.4, -0.2) is 12.3 Å². The fraction of sp³-hybridized carbons (Fsp3) is 0.273. The van der Waals surface area contributed by atoms with E-state index in [2.05, 4.69) is 0 Å². The van der Waals surface area contributed by atoms with Gasteiger partial charge >= 0.3 is 0 Å². The molecule has 4 aromatic carbocycles. The molecular formula is C33H22F12P2. The third-order valence-corrected chi connectivity index (χ3v) is 14.6. The second kappa shape index (κ2) is 13.1. The van der Waals surface area contributed by atoms with Crippen LogP contribution in [0.4, 0.5) is 52.7 Å². The molecule has 0 spiro atoms. The third-order valence-electron chi connectivity index (χ3n) is 9.28. The van der Waals surface area contributed by atoms with Crippen LogP contribution in [0.5, 0.6) is 0 Å². The normalized spacial score (nSPS) is 20.6. The fourth-order valence-corrected chi connectivity index (χ4v) is 12.7. The maximum absolute atomic E-state index is 15.2. The number of hydrogen-bond acceptors (Lipinski definition) is 0. The quantitative estimate of drug-likeness (QED) is 0.0978. The Morgan fingerprint density at radius 3 is 0.894 bits per heavy atom. The topological polar surface area (TPSA) is 0 Å². The van der Waals surface area contributed by atoms with Crippen LogP contribution in [0.2, 0.25) is 0 Å². The Balaban J connectivity index is 1.46. The highest BCUT2D eigenvalue weighted by atomic mass is 31.1. The van der Waals surface area contributed by atoms with Crippen molar-refractivity contribution < 1.29 is 52.7 Å². The summed E-state index contributed by atoms with van der Waals surface area (Å²) < 4.78 is 174. The minimum atomic E-state index is -2.39. The first kappa shape index (κ1) is 33.8. The Morgan fingerprint density at radius 1 is 0.383 bits per heavy atom. The predicted molar refractivity (Wildman–Crippen MR) is 155 cm³/mol. The Labute approximate surface area is 263 Å². The second-order valence-corrected chi connectivity index (χ2v) is 16.0. The van der Waals surface area contributed by atoms with Crippen molar-refractivity contribution in [1.29, 1.82) is 0 Å². The van der Waals surface area contributed by atoms with Crippen LogP contribution in [0.15, 0.2) is 48.5 Å². The zero-order valence-corrected chi connectivity index (χ0v) is 25.7. The van der Waals surface area contributed by atoms with Crippen LogP contribution in [-0.2, 0) is 0 Å². The summed E-state index contributed by atoms with van der Waals surface area (Å²) in [5.74, 6) is -21.5. The SMILES string of the molecule is Fc1ccc(P(CC2C3CCC(C3)C2CP(c2ccc(F)c(F)c2F)c2ccc(F)c(F)c2F)c2ccc(F)c(F)c2F)c(F)c1F. The summed E-state index contributed by atoms with van der Waals surface area (Å²) in [7, 11) is -4.77. The van der Waals surface area contributed by atoms with Gasteiger partial charge in [0.25, 0.3) is 0 Å². The molecule has 4 unspecified atom stereocenters. The van der Waals surface area contributed by atoms with E-state index >= 15 is 17.6 Å². The Hall–Kier alpha value is -3.10. The molecule has 0 heterocycles. The largest absolute Gasteiger partial charge is 0.204 e. The number of hydrogen-bond donors (Lipinski definition) is 0. The standard InChI is InChI=1S/C33H22F12P2/c34-18-3-7-22(30(42)26(18)38)46(23-8-4-19(35)27(39)31(23)43)12-16-14-1-2-15(11-14)17(16)13-47(24-9-5-20(36)28(40)32(24)44)25-10-6-21(37)29(41)33(25)45/h3-10,14-17H,1-2,11-13H2. The van der Waals surface area contributed by atoms with Crippen LogP contribution in [0.1, 0.15) is 19.3 Å². The van der Waals surface area contributed by atoms with E-state index in [4.69, 9.17) is 0 Å². The summed E-state index contributed by atoms with van der Waals surface area (Å²) in [6.07, 6.45) is 1.44. The van der Waals surface area contributed by atoms with Crippen molar-refractivity contribution >= 4 is 37.1 Å². The van der Waals surface area contributed by atoms with Crippen LogP contribution in [0, 0.1) is 93.5 Å². The van der Waals surface area contributed by atoms with Crippen molar-refractivity contribution in [2.45, 2.75) is 19.3 Å². The first-order chi connectivity index (χ1) is 22.3. The molecule has 0 amide bonds. The van der Waals surface area contributed by atoms with Gasteiger partial charge in [-0.3, -0.25) is 0 Å². The van der Waals surface area contributed by atoms with Gasteiger partial charge in [-0.15, -0.1) is 0 Å². The van der Waals surface area contributed by atoms with Crippen LogP contribution < -0.4 is 21.2 Å². The van der Waals surface area contributed by atoms with Gasteiger partial charge in [0.15, 0.2) is 69.8 Å². The fourth-order valence-electron chi connectivity index (χ4n) is 7.07. The summed E-state index contributed by atoms with van der Waals surface area (Å²) in [5.41, 5.74) is 0. The van der Waals surface area contributed by atoms with Gasteiger partial charge < -0.3 is 0 Å². The Morgan fingerprint density at radius 2 is 0.638 bits per heavy atom. The van der Waals surface area contributed by atoms with Crippen LogP contribution in [0.3, 0.4) is 0 Å². The molecule has 47 heavy (non-hydrogen) atoms. The van der Waals surface area contributed by atoms with Crippen LogP contribution >= 0.6 is 15.8 Å². The zero-order valence-electron chi connectivity index (χ0n) is 23.9. The lowest BCUT2D eigenvalue weighted by Crippen LogP contribution is -2.34. The highest BCUT2D eigenvalue weighted by molar-refractivity contribution is 7.73. The second-order valence-electron chi connectivity index (χ2n) is 11.7. The molecule has 0 N–H and O–H groups in total. The van der Waals surface area contributed by atoms with E-state index in [0.717, 1.165) is 24.3 Å². The number of halogens is 12. The van der Waals surface area contributed by atoms with E-state index in [-0.39, 0.29) is 24.2 Å². The van der Waals surface area contributed by atoms with Gasteiger partial charge in [0.1, 0.15) is 0 Å². The monoisotopic (exact) mass is 708 g/mol. The van der Waals surface area contributed by atoms with E-state index in [1.807, 2.05) is 0 Å². The Bertz CT molecular complexity index is 1620. The molecule has 2 saturated carbocycles. The molecule has 4 aromatic rings. The van der Waals surface area contributed by atoms with Gasteiger partial charge in [0, 0.05) is 21.2 Å². The molecule has 4 atom stereocenters. The smallest absolute Gasteiger partial charge is 0.195 e. The maximum Gasteiger partial charge on any atom is 0.195 e. The maximum atomic E-state index is 15.2. The van der Waals surface area contributed by atoms with E-state index in [9.17, 15) is 35.1 Å². The molecule has 6 rings (SSSR count). The first-order valence-corrected chi connectivity index (χ1v) is 17.4. The van der Waals surface area contributed by atoms with Gasteiger partial charge in [-0.05, 0) is 120 Å². The lowest BCUT2D eigenvalue weighted by atomic mass is 9.81. The minimum absolute atomic E-state index is 0.154. The molecule has 2 aliphatic carbocycles. The van der Waals surface area contributed by atoms with Crippen molar-refractivity contribution in [3.05, 3.63) is 118 Å². The van der Waals surface area contributed by atoms with E-state index in [1.165, 1.54) is 0 Å². The Kier molecular flexibility index (Phi) is 9.40. The average Bonchev–Trinajstić information content (AvgIpc) is 3.65. The van der Waals surface area contributed by atoms with Gasteiger partial charge in [-0.25, -0.2) is 52.7 Å². The van der Waals surface area contributed by atoms with Crippen molar-refractivity contribution in [2.75, 3.05) is 12.3 Å². The summed E-state index contributed by atoms with van der Waals surface area (Å²) in [4.78, 5) is 0. The van der Waals surface area contributed by atoms with Crippen molar-refractivity contribution in [1.82, 2.24) is 0 Å². The van der Waals surface area contributed by atoms with E-state index < -0.39 is 119 Å². The molecule has 2 aliphatic rings. The summed E-state index contributed by atoms with van der Waals surface area (Å²) in [5, 5.41) is -1.92. The van der Waals surface area contributed by atoms with Gasteiger partial charge in [0.2, 0.25) is 0 Å². The molecule has 0 saturated heterocycles. The first-order valence-electron chi connectivity index (χ1n) is 14.4. The molecule has 14 heteroatoms. The molecule has 0 radical (unpaired) electrons. The molecular weight excluding hydrogens is 686 g/mol. The zero-order chi connectivity index (χ0) is 33.9. The predicted octanol–water partition coefficient (Wildman–Crippen LogP) is 8.58. The minimum Gasteiger partial charge on any atom is -0.204 e. The molecule has 2 fully saturated rings. The van der Waals surface area contributed by atoms with Crippen molar-refractivity contribution in [3.8, 4) is 0 Å². The lowest BCUT2D eigenvalue weighted by Gasteiger charge is -2.36. The third kappa shape index (κ3) is 5.94. The van der Waals surface area contributed by atoms with E-state index in [1.54, 1.807) is 0 Å². The van der Waals surface area contributed by atoms with Crippen LogP contribution in [0.25, 0.3) is 0 Å². The average molecular weight is 708 g/mol. The van der Waals surface area contributed by atoms with Crippen molar-refractivity contribution in [3.63, 3.8) is 0 Å². The molecule has 2 bridgehead atoms. The summed E-state index contributed by atoms with van der Waals surface area (Å²) >= 11 is 0. The lowest BCUT2D eigenvalue weighted by molar-refractivity contribution is 0.267. The molecule has 248 valence electrons. The van der Waals surface area contributed by atoms with Gasteiger partial charge in [-0.1, -0.05) is 0 Å². The number of benzene rings is 4. The molecule has 0 aliphatic heterocycles. The van der Waals surface area contributed by atoms with Gasteiger partial charge in [-0.2, -0.15) is 0 Å². The molecule has 0 aromatic heterocycles. The highest BCUT2D eigenvalue weighted by Gasteiger charge is 2.49. The number of fused-ring (bicyclic) bond motifs is 2. The summed E-state index contributed by atoms with van der Waals surface area (Å²) in [6, 6.07) is 6.05. The van der Waals surface area contributed by atoms with E-state index in [0.29, 0.717) is 43.5 Å². The molecule has 0 nitrogen and oxygen atoms in total. The number of rotatable bonds is 8. The summed E-state index contributed by atoms with van der Waals surface area (Å²) in [6.45, 7) is 0. The van der Waals surface area contributed by atoms with Gasteiger partial charge in [0.05, 0.1) is 0 Å². The van der Waals surface area contributed by atoms with Crippen molar-refractivity contribution in [2.24, 2.45) is 23.7 Å². The highest BCUT2D eigenvalue weighted by Crippen LogP contribution is 2.59.